The maximum atomic E-state index is 14.6. The SMILES string of the molecule is COC(=O)c1ncc(NC(=O)c2c(Oc3ccc(OC(F)(F)F)c(F)c3OC)cc(F)c(F)c2F)cn1. The minimum absolute atomic E-state index is 0.231. The lowest BCUT2D eigenvalue weighted by atomic mass is 10.1. The Balaban J connectivity index is 2.00. The number of nitrogens with zero attached hydrogens (tertiary/aromatic N) is 2. The Bertz CT molecular complexity index is 1350. The molecule has 3 aromatic rings. The van der Waals surface area contributed by atoms with Crippen molar-refractivity contribution >= 4 is 17.6 Å². The summed E-state index contributed by atoms with van der Waals surface area (Å²) in [5.74, 6) is -14.4. The molecule has 1 heterocycles. The van der Waals surface area contributed by atoms with Crippen molar-refractivity contribution in [2.24, 2.45) is 0 Å². The van der Waals surface area contributed by atoms with Gasteiger partial charge in [-0.25, -0.2) is 27.9 Å². The summed E-state index contributed by atoms with van der Waals surface area (Å²) < 4.78 is 112. The summed E-state index contributed by atoms with van der Waals surface area (Å²) in [5, 5.41) is 2.06. The zero-order valence-corrected chi connectivity index (χ0v) is 18.4. The maximum Gasteiger partial charge on any atom is 0.573 e. The average Bonchev–Trinajstić information content (AvgIpc) is 2.83. The lowest BCUT2D eigenvalue weighted by Crippen LogP contribution is -2.18. The Kier molecular flexibility index (Phi) is 7.69. The topological polar surface area (TPSA) is 109 Å². The smallest absolute Gasteiger partial charge is 0.490 e. The summed E-state index contributed by atoms with van der Waals surface area (Å²) in [5.41, 5.74) is -1.46. The second-order valence-electron chi connectivity index (χ2n) is 6.66. The quantitative estimate of drug-likeness (QED) is 0.262. The molecule has 0 fully saturated rings. The van der Waals surface area contributed by atoms with Gasteiger partial charge in [0.2, 0.25) is 17.4 Å². The summed E-state index contributed by atoms with van der Waals surface area (Å²) in [7, 11) is 1.90. The first-order chi connectivity index (χ1) is 17.4. The number of ether oxygens (including phenoxy) is 4. The van der Waals surface area contributed by atoms with Crippen LogP contribution in [0.15, 0.2) is 30.6 Å². The van der Waals surface area contributed by atoms with Crippen LogP contribution in [0.25, 0.3) is 0 Å². The predicted octanol–water partition coefficient (Wildman–Crippen LogP) is 4.77. The van der Waals surface area contributed by atoms with E-state index >= 15 is 0 Å². The number of benzene rings is 2. The molecule has 0 bridgehead atoms. The monoisotopic (exact) mass is 535 g/mol. The molecule has 0 aliphatic rings. The van der Waals surface area contributed by atoms with Crippen LogP contribution in [-0.4, -0.2) is 42.4 Å². The van der Waals surface area contributed by atoms with Gasteiger partial charge in [0.25, 0.3) is 5.91 Å². The van der Waals surface area contributed by atoms with Crippen molar-refractivity contribution in [2.75, 3.05) is 19.5 Å². The molecule has 3 rings (SSSR count). The summed E-state index contributed by atoms with van der Waals surface area (Å²) >= 11 is 0. The highest BCUT2D eigenvalue weighted by atomic mass is 19.4. The molecule has 0 aliphatic carbocycles. The number of rotatable bonds is 7. The molecule has 1 amide bonds. The lowest BCUT2D eigenvalue weighted by Gasteiger charge is -2.17. The molecule has 37 heavy (non-hydrogen) atoms. The van der Waals surface area contributed by atoms with Crippen molar-refractivity contribution in [3.63, 3.8) is 0 Å². The van der Waals surface area contributed by atoms with E-state index in [4.69, 9.17) is 4.74 Å². The number of anilines is 1. The van der Waals surface area contributed by atoms with Gasteiger partial charge in [-0.3, -0.25) is 4.79 Å². The van der Waals surface area contributed by atoms with E-state index in [1.807, 2.05) is 0 Å². The molecule has 0 radical (unpaired) electrons. The molecular weight excluding hydrogens is 523 g/mol. The first-order valence-corrected chi connectivity index (χ1v) is 9.55. The van der Waals surface area contributed by atoms with Crippen molar-refractivity contribution in [2.45, 2.75) is 6.36 Å². The second kappa shape index (κ2) is 10.5. The lowest BCUT2D eigenvalue weighted by molar-refractivity contribution is -0.275. The molecule has 9 nitrogen and oxygen atoms in total. The highest BCUT2D eigenvalue weighted by Gasteiger charge is 2.34. The number of methoxy groups -OCH3 is 2. The fraction of sp³-hybridized carbons (Fsp3) is 0.143. The van der Waals surface area contributed by atoms with Crippen LogP contribution in [0.1, 0.15) is 21.0 Å². The van der Waals surface area contributed by atoms with E-state index in [0.29, 0.717) is 12.1 Å². The standard InChI is InChI=1S/C21H12F7N3O6/c1-34-17-11(4-3-10(15(17)24)37-21(26,27)28)36-12-5-9(22)14(23)16(25)13(12)19(32)31-8-6-29-18(30-7-8)20(33)35-2/h3-7H,1-2H3,(H,31,32). The van der Waals surface area contributed by atoms with E-state index in [-0.39, 0.29) is 11.8 Å². The van der Waals surface area contributed by atoms with Crippen LogP contribution in [0.4, 0.5) is 36.4 Å². The molecule has 1 N–H and O–H groups in total. The first-order valence-electron chi connectivity index (χ1n) is 9.55. The highest BCUT2D eigenvalue weighted by Crippen LogP contribution is 2.41. The van der Waals surface area contributed by atoms with Gasteiger partial charge in [-0.2, -0.15) is 4.39 Å². The van der Waals surface area contributed by atoms with Gasteiger partial charge in [0.15, 0.2) is 29.0 Å². The first kappa shape index (κ1) is 27.0. The summed E-state index contributed by atoms with van der Waals surface area (Å²) in [4.78, 5) is 31.3. The van der Waals surface area contributed by atoms with Gasteiger partial charge in [-0.15, -0.1) is 13.2 Å². The zero-order valence-electron chi connectivity index (χ0n) is 18.4. The van der Waals surface area contributed by atoms with Crippen LogP contribution < -0.4 is 19.5 Å². The Morgan fingerprint density at radius 1 is 0.892 bits per heavy atom. The molecule has 0 saturated heterocycles. The number of carbonyl (C=O) groups excluding carboxylic acids is 2. The third-order valence-electron chi connectivity index (χ3n) is 4.31. The molecule has 0 aliphatic heterocycles. The van der Waals surface area contributed by atoms with Crippen LogP contribution in [0.2, 0.25) is 0 Å². The Morgan fingerprint density at radius 2 is 1.51 bits per heavy atom. The van der Waals surface area contributed by atoms with Crippen LogP contribution in [-0.2, 0) is 4.74 Å². The molecular formula is C21H12F7N3O6. The number of halogens is 7. The number of aromatic nitrogens is 2. The van der Waals surface area contributed by atoms with Crippen molar-refractivity contribution in [3.05, 3.63) is 65.2 Å². The van der Waals surface area contributed by atoms with Gasteiger partial charge in [0.1, 0.15) is 11.3 Å². The highest BCUT2D eigenvalue weighted by molar-refractivity contribution is 6.06. The van der Waals surface area contributed by atoms with Gasteiger partial charge < -0.3 is 24.3 Å². The third-order valence-corrected chi connectivity index (χ3v) is 4.31. The number of nitrogens with one attached hydrogen (secondary N) is 1. The number of amides is 1. The van der Waals surface area contributed by atoms with Gasteiger partial charge in [-0.05, 0) is 12.1 Å². The van der Waals surface area contributed by atoms with Crippen molar-refractivity contribution in [1.82, 2.24) is 9.97 Å². The van der Waals surface area contributed by atoms with Gasteiger partial charge >= 0.3 is 12.3 Å². The second-order valence-corrected chi connectivity index (χ2v) is 6.66. The van der Waals surface area contributed by atoms with Crippen LogP contribution in [0.5, 0.6) is 23.0 Å². The predicted molar refractivity (Wildman–Crippen MR) is 107 cm³/mol. The van der Waals surface area contributed by atoms with Crippen molar-refractivity contribution < 1.29 is 59.3 Å². The summed E-state index contributed by atoms with van der Waals surface area (Å²) in [6.45, 7) is 0. The van der Waals surface area contributed by atoms with Gasteiger partial charge in [-0.1, -0.05) is 0 Å². The molecule has 0 atom stereocenters. The Labute approximate surface area is 201 Å². The Hall–Kier alpha value is -4.63. The normalized spacial score (nSPS) is 11.1. The van der Waals surface area contributed by atoms with Gasteiger partial charge in [0, 0.05) is 6.07 Å². The molecule has 0 unspecified atom stereocenters. The molecule has 2 aromatic carbocycles. The number of alkyl halides is 3. The van der Waals surface area contributed by atoms with Crippen molar-refractivity contribution in [1.29, 1.82) is 0 Å². The van der Waals surface area contributed by atoms with E-state index in [2.05, 4.69) is 29.5 Å². The molecule has 196 valence electrons. The number of carbonyl (C=O) groups is 2. The van der Waals surface area contributed by atoms with Crippen LogP contribution >= 0.6 is 0 Å². The number of hydrogen-bond donors (Lipinski definition) is 1. The maximum absolute atomic E-state index is 14.6. The molecule has 16 heteroatoms. The zero-order chi connectivity index (χ0) is 27.5. The van der Waals surface area contributed by atoms with Crippen LogP contribution in [0.3, 0.4) is 0 Å². The molecule has 0 saturated carbocycles. The van der Waals surface area contributed by atoms with E-state index in [9.17, 15) is 40.3 Å². The minimum atomic E-state index is -5.26. The van der Waals surface area contributed by atoms with Crippen LogP contribution in [0, 0.1) is 23.3 Å². The van der Waals surface area contributed by atoms with E-state index in [0.717, 1.165) is 26.6 Å². The summed E-state index contributed by atoms with van der Waals surface area (Å²) in [6.07, 6.45) is -3.44. The number of hydrogen-bond acceptors (Lipinski definition) is 8. The van der Waals surface area contributed by atoms with Crippen molar-refractivity contribution in [3.8, 4) is 23.0 Å². The Morgan fingerprint density at radius 3 is 2.08 bits per heavy atom. The number of esters is 1. The van der Waals surface area contributed by atoms with Gasteiger partial charge in [0.05, 0.1) is 32.3 Å². The average molecular weight is 535 g/mol. The fourth-order valence-electron chi connectivity index (χ4n) is 2.76. The summed E-state index contributed by atoms with van der Waals surface area (Å²) in [6, 6.07) is 1.39. The fourth-order valence-corrected chi connectivity index (χ4v) is 2.76. The van der Waals surface area contributed by atoms with E-state index < -0.39 is 75.9 Å². The minimum Gasteiger partial charge on any atom is -0.490 e. The van der Waals surface area contributed by atoms with E-state index in [1.54, 1.807) is 0 Å². The molecule has 1 aromatic heterocycles. The van der Waals surface area contributed by atoms with E-state index in [1.165, 1.54) is 0 Å². The third kappa shape index (κ3) is 5.96. The largest absolute Gasteiger partial charge is 0.573 e. The molecule has 0 spiro atoms.